The molecular weight excluding hydrogens is 198 g/mol. The van der Waals surface area contributed by atoms with Gasteiger partial charge in [-0.05, 0) is 13.3 Å². The highest BCUT2D eigenvalue weighted by Gasteiger charge is 2.29. The van der Waals surface area contributed by atoms with Crippen LogP contribution in [0.5, 0.6) is 0 Å². The Morgan fingerprint density at radius 3 is 2.60 bits per heavy atom. The van der Waals surface area contributed by atoms with Gasteiger partial charge in [0, 0.05) is 25.8 Å². The van der Waals surface area contributed by atoms with E-state index in [2.05, 4.69) is 0 Å². The fraction of sp³-hybridized carbons (Fsp3) is 0.600. The highest BCUT2D eigenvalue weighted by molar-refractivity contribution is 5.93. The Morgan fingerprint density at radius 2 is 2.13 bits per heavy atom. The van der Waals surface area contributed by atoms with Gasteiger partial charge in [0.25, 0.3) is 0 Å². The molecule has 0 spiro atoms. The van der Waals surface area contributed by atoms with Crippen LogP contribution in [0.25, 0.3) is 0 Å². The first-order valence-electron chi connectivity index (χ1n) is 4.81. The Bertz CT molecular complexity index is 287. The lowest BCUT2D eigenvalue weighted by Crippen LogP contribution is -2.40. The third-order valence-corrected chi connectivity index (χ3v) is 2.55. The highest BCUT2D eigenvalue weighted by atomic mass is 16.5. The van der Waals surface area contributed by atoms with Crippen LogP contribution in [0, 0.1) is 0 Å². The molecule has 0 aromatic carbocycles. The van der Waals surface area contributed by atoms with Gasteiger partial charge in [0.2, 0.25) is 5.91 Å². The molecule has 1 aliphatic heterocycles. The fourth-order valence-corrected chi connectivity index (χ4v) is 1.65. The van der Waals surface area contributed by atoms with Crippen molar-refractivity contribution in [1.82, 2.24) is 4.90 Å². The van der Waals surface area contributed by atoms with Crippen molar-refractivity contribution in [3.8, 4) is 0 Å². The Hall–Kier alpha value is -1.36. The number of amides is 1. The molecule has 1 N–H and O–H groups in total. The maximum Gasteiger partial charge on any atom is 0.328 e. The molecule has 2 atom stereocenters. The number of nitrogens with zero attached hydrogens (tertiary/aromatic N) is 1. The molecule has 0 aromatic heterocycles. The van der Waals surface area contributed by atoms with Crippen molar-refractivity contribution in [3.63, 3.8) is 0 Å². The van der Waals surface area contributed by atoms with Crippen LogP contribution >= 0.6 is 0 Å². The molecule has 1 rings (SSSR count). The third kappa shape index (κ3) is 3.06. The van der Waals surface area contributed by atoms with E-state index in [1.165, 1.54) is 4.90 Å². The molecule has 2 unspecified atom stereocenters. The summed E-state index contributed by atoms with van der Waals surface area (Å²) in [7, 11) is 1.66. The lowest BCUT2D eigenvalue weighted by atomic mass is 10.1. The van der Waals surface area contributed by atoms with Crippen LogP contribution in [-0.4, -0.2) is 47.7 Å². The molecule has 5 heteroatoms. The first kappa shape index (κ1) is 11.7. The number of carbonyl (C=O) groups excluding carboxylic acids is 1. The lowest BCUT2D eigenvalue weighted by molar-refractivity contribution is -0.132. The van der Waals surface area contributed by atoms with Gasteiger partial charge >= 0.3 is 5.97 Å². The summed E-state index contributed by atoms with van der Waals surface area (Å²) in [5.41, 5.74) is 0. The average molecular weight is 213 g/mol. The number of hydrogen-bond acceptors (Lipinski definition) is 3. The maximum absolute atomic E-state index is 11.5. The minimum atomic E-state index is -1.12. The van der Waals surface area contributed by atoms with E-state index < -0.39 is 5.97 Å². The number of ether oxygens (including phenoxy) is 1. The molecule has 5 nitrogen and oxygen atoms in total. The molecule has 0 aromatic rings. The third-order valence-electron chi connectivity index (χ3n) is 2.55. The second kappa shape index (κ2) is 4.93. The van der Waals surface area contributed by atoms with Gasteiger partial charge in [-0.2, -0.15) is 0 Å². The van der Waals surface area contributed by atoms with Crippen molar-refractivity contribution in [2.75, 3.05) is 13.7 Å². The standard InChI is InChI=1S/C10H15NO4/c1-7-8(5-6-15-7)11(2)9(12)3-4-10(13)14/h3-4,7-8H,5-6H2,1-2H3,(H,13,14)/b4-3+. The number of carbonyl (C=O) groups is 2. The number of rotatable bonds is 3. The normalized spacial score (nSPS) is 25.7. The van der Waals surface area contributed by atoms with Gasteiger partial charge in [-0.3, -0.25) is 4.79 Å². The van der Waals surface area contributed by atoms with Crippen LogP contribution in [0.1, 0.15) is 13.3 Å². The summed E-state index contributed by atoms with van der Waals surface area (Å²) < 4.78 is 5.33. The van der Waals surface area contributed by atoms with E-state index in [1.807, 2.05) is 6.92 Å². The number of likely N-dealkylation sites (N-methyl/N-ethyl adjacent to an activating group) is 1. The Balaban J connectivity index is 2.56. The lowest BCUT2D eigenvalue weighted by Gasteiger charge is -2.25. The molecule has 0 saturated carbocycles. The summed E-state index contributed by atoms with van der Waals surface area (Å²) in [6.07, 6.45) is 2.72. The molecule has 1 amide bonds. The zero-order chi connectivity index (χ0) is 11.4. The zero-order valence-corrected chi connectivity index (χ0v) is 8.84. The average Bonchev–Trinajstić information content (AvgIpc) is 2.59. The van der Waals surface area contributed by atoms with E-state index in [9.17, 15) is 9.59 Å². The number of aliphatic carboxylic acids is 1. The van der Waals surface area contributed by atoms with Crippen molar-refractivity contribution in [2.24, 2.45) is 0 Å². The summed E-state index contributed by atoms with van der Waals surface area (Å²) in [6.45, 7) is 2.55. The monoisotopic (exact) mass is 213 g/mol. The summed E-state index contributed by atoms with van der Waals surface area (Å²) in [4.78, 5) is 23.3. The molecule has 1 aliphatic rings. The smallest absolute Gasteiger partial charge is 0.328 e. The van der Waals surface area contributed by atoms with Crippen LogP contribution in [0.15, 0.2) is 12.2 Å². The van der Waals surface area contributed by atoms with Gasteiger partial charge in [0.15, 0.2) is 0 Å². The zero-order valence-electron chi connectivity index (χ0n) is 8.84. The van der Waals surface area contributed by atoms with E-state index >= 15 is 0 Å². The Kier molecular flexibility index (Phi) is 3.85. The Morgan fingerprint density at radius 1 is 1.47 bits per heavy atom. The van der Waals surface area contributed by atoms with Crippen molar-refractivity contribution >= 4 is 11.9 Å². The molecule has 1 saturated heterocycles. The molecule has 0 bridgehead atoms. The number of hydrogen-bond donors (Lipinski definition) is 1. The van der Waals surface area contributed by atoms with Crippen molar-refractivity contribution in [3.05, 3.63) is 12.2 Å². The highest BCUT2D eigenvalue weighted by Crippen LogP contribution is 2.18. The molecule has 0 aliphatic carbocycles. The predicted octanol–water partition coefficient (Wildman–Crippen LogP) is 0.263. The Labute approximate surface area is 88.3 Å². The van der Waals surface area contributed by atoms with Crippen LogP contribution < -0.4 is 0 Å². The van der Waals surface area contributed by atoms with Crippen LogP contribution in [-0.2, 0) is 14.3 Å². The number of carboxylic acid groups (broad SMARTS) is 1. The van der Waals surface area contributed by atoms with E-state index in [1.54, 1.807) is 7.05 Å². The van der Waals surface area contributed by atoms with Gasteiger partial charge < -0.3 is 14.7 Å². The minimum absolute atomic E-state index is 0.0113. The first-order valence-corrected chi connectivity index (χ1v) is 4.81. The maximum atomic E-state index is 11.5. The van der Waals surface area contributed by atoms with Gasteiger partial charge in [-0.15, -0.1) is 0 Å². The van der Waals surface area contributed by atoms with Crippen LogP contribution in [0.4, 0.5) is 0 Å². The van der Waals surface area contributed by atoms with Gasteiger partial charge in [-0.25, -0.2) is 4.79 Å². The molecule has 15 heavy (non-hydrogen) atoms. The minimum Gasteiger partial charge on any atom is -0.478 e. The SMILES string of the molecule is CC1OCCC1N(C)C(=O)/C=C/C(=O)O. The predicted molar refractivity (Wildman–Crippen MR) is 53.4 cm³/mol. The van der Waals surface area contributed by atoms with E-state index in [0.29, 0.717) is 6.61 Å². The first-order chi connectivity index (χ1) is 7.02. The van der Waals surface area contributed by atoms with Crippen molar-refractivity contribution in [1.29, 1.82) is 0 Å². The summed E-state index contributed by atoms with van der Waals surface area (Å²) >= 11 is 0. The van der Waals surface area contributed by atoms with Gasteiger partial charge in [0.1, 0.15) is 0 Å². The topological polar surface area (TPSA) is 66.8 Å². The van der Waals surface area contributed by atoms with Gasteiger partial charge in [-0.1, -0.05) is 0 Å². The quantitative estimate of drug-likeness (QED) is 0.683. The van der Waals surface area contributed by atoms with Crippen LogP contribution in [0.2, 0.25) is 0 Å². The molecule has 1 fully saturated rings. The van der Waals surface area contributed by atoms with Crippen molar-refractivity contribution in [2.45, 2.75) is 25.5 Å². The summed E-state index contributed by atoms with van der Waals surface area (Å²) in [5, 5.41) is 8.38. The van der Waals surface area contributed by atoms with Crippen LogP contribution in [0.3, 0.4) is 0 Å². The summed E-state index contributed by atoms with van der Waals surface area (Å²) in [5.74, 6) is -1.42. The molecule has 1 heterocycles. The molecular formula is C10H15NO4. The largest absolute Gasteiger partial charge is 0.478 e. The van der Waals surface area contributed by atoms with E-state index in [0.717, 1.165) is 18.6 Å². The van der Waals surface area contributed by atoms with E-state index in [-0.39, 0.29) is 18.1 Å². The second-order valence-electron chi connectivity index (χ2n) is 3.55. The summed E-state index contributed by atoms with van der Waals surface area (Å²) in [6, 6.07) is 0.0379. The van der Waals surface area contributed by atoms with Crippen molar-refractivity contribution < 1.29 is 19.4 Å². The van der Waals surface area contributed by atoms with E-state index in [4.69, 9.17) is 9.84 Å². The van der Waals surface area contributed by atoms with Gasteiger partial charge in [0.05, 0.1) is 12.1 Å². The second-order valence-corrected chi connectivity index (χ2v) is 3.55. The molecule has 84 valence electrons. The molecule has 0 radical (unpaired) electrons. The fourth-order valence-electron chi connectivity index (χ4n) is 1.65. The number of carboxylic acids is 1.